The first-order chi connectivity index (χ1) is 11.5. The Balaban J connectivity index is 0.000000356. The molecule has 0 amide bonds. The molecule has 0 radical (unpaired) electrons. The number of hydrogen-bond acceptors (Lipinski definition) is 4. The molecule has 5 nitrogen and oxygen atoms in total. The smallest absolute Gasteiger partial charge is 0.115 e. The van der Waals surface area contributed by atoms with Crippen molar-refractivity contribution in [2.45, 2.75) is 34.6 Å². The van der Waals surface area contributed by atoms with Crippen molar-refractivity contribution in [3.63, 3.8) is 0 Å². The highest BCUT2D eigenvalue weighted by Crippen LogP contribution is 2.27. The quantitative estimate of drug-likeness (QED) is 0.726. The van der Waals surface area contributed by atoms with Gasteiger partial charge in [-0.3, -0.25) is 4.68 Å². The van der Waals surface area contributed by atoms with Crippen LogP contribution in [0.4, 0.5) is 0 Å². The molecule has 1 aromatic carbocycles. The summed E-state index contributed by atoms with van der Waals surface area (Å²) in [6, 6.07) is 6.32. The molecule has 2 aromatic heterocycles. The van der Waals surface area contributed by atoms with Gasteiger partial charge in [-0.25, -0.2) is 9.97 Å². The second kappa shape index (κ2) is 9.45. The number of nitrogens with zero attached hydrogens (tertiary/aromatic N) is 4. The van der Waals surface area contributed by atoms with Gasteiger partial charge in [0, 0.05) is 30.4 Å². The standard InChI is InChI=1S/C13H12N4.C4H9N.C2H6/c1-9-3-4-12-11(5-9)13(16-17(12)2)10-6-14-8-15-7-10;1-4(2)3-5;1-2/h3-8H,1-2H3;3H,5H2,1-2H3;1-2H3. The highest BCUT2D eigenvalue weighted by atomic mass is 15.3. The average Bonchev–Trinajstić information content (AvgIpc) is 2.94. The second-order valence-electron chi connectivity index (χ2n) is 5.36. The van der Waals surface area contributed by atoms with Gasteiger partial charge in [0.1, 0.15) is 12.0 Å². The van der Waals surface area contributed by atoms with E-state index >= 15 is 0 Å². The molecule has 3 rings (SSSR count). The fraction of sp³-hybridized carbons (Fsp3) is 0.316. The maximum atomic E-state index is 5.01. The fourth-order valence-electron chi connectivity index (χ4n) is 2.01. The summed E-state index contributed by atoms with van der Waals surface area (Å²) in [5, 5.41) is 5.68. The van der Waals surface area contributed by atoms with Gasteiger partial charge in [0.2, 0.25) is 0 Å². The summed E-state index contributed by atoms with van der Waals surface area (Å²) < 4.78 is 1.89. The molecule has 0 saturated heterocycles. The van der Waals surface area contributed by atoms with Gasteiger partial charge >= 0.3 is 0 Å². The minimum atomic E-state index is 0.937. The number of aromatic nitrogens is 4. The van der Waals surface area contributed by atoms with Crippen molar-refractivity contribution >= 4 is 10.9 Å². The van der Waals surface area contributed by atoms with Gasteiger partial charge < -0.3 is 5.73 Å². The summed E-state index contributed by atoms with van der Waals surface area (Å²) in [5.41, 5.74) is 10.4. The number of fused-ring (bicyclic) bond motifs is 1. The summed E-state index contributed by atoms with van der Waals surface area (Å²) in [7, 11) is 1.95. The van der Waals surface area contributed by atoms with Crippen LogP contribution in [0.3, 0.4) is 0 Å². The Hall–Kier alpha value is -2.69. The van der Waals surface area contributed by atoms with Gasteiger partial charge in [-0.05, 0) is 39.1 Å². The molecule has 0 bridgehead atoms. The molecule has 0 saturated carbocycles. The van der Waals surface area contributed by atoms with Crippen LogP contribution in [0.5, 0.6) is 0 Å². The third-order valence-corrected chi connectivity index (χ3v) is 3.17. The lowest BCUT2D eigenvalue weighted by Crippen LogP contribution is -1.90. The van der Waals surface area contributed by atoms with Crippen LogP contribution in [-0.4, -0.2) is 19.7 Å². The lowest BCUT2D eigenvalue weighted by Gasteiger charge is -1.97. The first kappa shape index (κ1) is 19.4. The Kier molecular flexibility index (Phi) is 7.62. The van der Waals surface area contributed by atoms with Crippen molar-refractivity contribution in [1.82, 2.24) is 19.7 Å². The van der Waals surface area contributed by atoms with E-state index in [0.717, 1.165) is 27.7 Å². The molecule has 2 N–H and O–H groups in total. The first-order valence-electron chi connectivity index (χ1n) is 8.06. The number of allylic oxidation sites excluding steroid dienone is 1. The number of hydrogen-bond donors (Lipinski definition) is 1. The van der Waals surface area contributed by atoms with Gasteiger partial charge in [-0.2, -0.15) is 5.10 Å². The lowest BCUT2D eigenvalue weighted by atomic mass is 10.1. The van der Waals surface area contributed by atoms with E-state index in [0.29, 0.717) is 0 Å². The molecule has 3 aromatic rings. The highest BCUT2D eigenvalue weighted by molar-refractivity contribution is 5.93. The molecule has 24 heavy (non-hydrogen) atoms. The zero-order chi connectivity index (χ0) is 18.1. The summed E-state index contributed by atoms with van der Waals surface area (Å²) in [6.07, 6.45) is 6.69. The lowest BCUT2D eigenvalue weighted by molar-refractivity contribution is 0.800. The van der Waals surface area contributed by atoms with E-state index < -0.39 is 0 Å². The van der Waals surface area contributed by atoms with Crippen molar-refractivity contribution in [1.29, 1.82) is 0 Å². The largest absolute Gasteiger partial charge is 0.405 e. The molecule has 0 fully saturated rings. The molecular weight excluding hydrogens is 298 g/mol. The Morgan fingerprint density at radius 2 is 1.71 bits per heavy atom. The summed E-state index contributed by atoms with van der Waals surface area (Å²) >= 11 is 0. The molecule has 0 unspecified atom stereocenters. The van der Waals surface area contributed by atoms with Gasteiger partial charge in [-0.15, -0.1) is 0 Å². The predicted molar refractivity (Wildman–Crippen MR) is 101 cm³/mol. The normalized spacial score (nSPS) is 9.42. The zero-order valence-electron chi connectivity index (χ0n) is 15.4. The molecule has 0 spiro atoms. The SMILES string of the molecule is CC.CC(C)=CN.Cc1ccc2c(c1)c(-c1cncnc1)nn2C. The van der Waals surface area contributed by atoms with E-state index in [4.69, 9.17) is 5.73 Å². The number of aryl methyl sites for hydroxylation is 2. The van der Waals surface area contributed by atoms with Gasteiger partial charge in [-0.1, -0.05) is 31.1 Å². The van der Waals surface area contributed by atoms with Crippen molar-refractivity contribution in [3.8, 4) is 11.3 Å². The predicted octanol–water partition coefficient (Wildman–Crippen LogP) is 4.23. The van der Waals surface area contributed by atoms with Crippen LogP contribution in [0.15, 0.2) is 48.7 Å². The van der Waals surface area contributed by atoms with Crippen molar-refractivity contribution in [3.05, 3.63) is 54.3 Å². The number of benzene rings is 1. The van der Waals surface area contributed by atoms with Crippen LogP contribution >= 0.6 is 0 Å². The van der Waals surface area contributed by atoms with E-state index in [2.05, 4.69) is 40.2 Å². The molecule has 0 aliphatic heterocycles. The Labute approximate surface area is 144 Å². The van der Waals surface area contributed by atoms with Crippen LogP contribution in [-0.2, 0) is 7.05 Å². The Bertz CT molecular complexity index is 784. The summed E-state index contributed by atoms with van der Waals surface area (Å²) in [5.74, 6) is 0. The Morgan fingerprint density at radius 1 is 1.12 bits per heavy atom. The Morgan fingerprint density at radius 3 is 2.25 bits per heavy atom. The van der Waals surface area contributed by atoms with E-state index in [-0.39, 0.29) is 0 Å². The summed E-state index contributed by atoms with van der Waals surface area (Å²) in [6.45, 7) is 10.00. The van der Waals surface area contributed by atoms with E-state index in [1.54, 1.807) is 18.6 Å². The summed E-state index contributed by atoms with van der Waals surface area (Å²) in [4.78, 5) is 8.08. The number of rotatable bonds is 1. The minimum absolute atomic E-state index is 0.937. The van der Waals surface area contributed by atoms with Crippen molar-refractivity contribution in [2.75, 3.05) is 0 Å². The molecule has 5 heteroatoms. The molecule has 0 aliphatic rings. The molecule has 128 valence electrons. The minimum Gasteiger partial charge on any atom is -0.405 e. The van der Waals surface area contributed by atoms with Gasteiger partial charge in [0.15, 0.2) is 0 Å². The van der Waals surface area contributed by atoms with Crippen LogP contribution in [0.2, 0.25) is 0 Å². The third-order valence-electron chi connectivity index (χ3n) is 3.17. The fourth-order valence-corrected chi connectivity index (χ4v) is 2.01. The first-order valence-corrected chi connectivity index (χ1v) is 8.06. The topological polar surface area (TPSA) is 69.6 Å². The van der Waals surface area contributed by atoms with Gasteiger partial charge in [0.05, 0.1) is 5.52 Å². The molecule has 0 atom stereocenters. The average molecular weight is 325 g/mol. The van der Waals surface area contributed by atoms with Crippen LogP contribution < -0.4 is 5.73 Å². The highest BCUT2D eigenvalue weighted by Gasteiger charge is 2.10. The van der Waals surface area contributed by atoms with E-state index in [1.165, 1.54) is 11.9 Å². The molecule has 2 heterocycles. The molecule has 0 aliphatic carbocycles. The monoisotopic (exact) mass is 325 g/mol. The van der Waals surface area contributed by atoms with E-state index in [1.807, 2.05) is 39.4 Å². The van der Waals surface area contributed by atoms with Gasteiger partial charge in [0.25, 0.3) is 0 Å². The maximum absolute atomic E-state index is 5.01. The second-order valence-corrected chi connectivity index (χ2v) is 5.36. The third kappa shape index (κ3) is 4.91. The van der Waals surface area contributed by atoms with Crippen molar-refractivity contribution < 1.29 is 0 Å². The van der Waals surface area contributed by atoms with E-state index in [9.17, 15) is 0 Å². The van der Waals surface area contributed by atoms with Crippen LogP contribution in [0, 0.1) is 6.92 Å². The van der Waals surface area contributed by atoms with Crippen LogP contribution in [0.25, 0.3) is 22.2 Å². The van der Waals surface area contributed by atoms with Crippen molar-refractivity contribution in [2.24, 2.45) is 12.8 Å². The molecular formula is C19H27N5. The van der Waals surface area contributed by atoms with Crippen LogP contribution in [0.1, 0.15) is 33.3 Å². The number of nitrogens with two attached hydrogens (primary N) is 1. The zero-order valence-corrected chi connectivity index (χ0v) is 15.4. The maximum Gasteiger partial charge on any atom is 0.115 e.